The molecule has 25 heteroatoms. The minimum atomic E-state index is -1.37. The molecule has 22 nitrogen and oxygen atoms in total. The molecular formula is C65H83FN12O10S2. The van der Waals surface area contributed by atoms with Crippen molar-refractivity contribution in [3.05, 3.63) is 119 Å². The van der Waals surface area contributed by atoms with Crippen molar-refractivity contribution in [2.75, 3.05) is 44.7 Å². The number of likely N-dealkylation sites (N-methyl/N-ethyl adjacent to an activating group) is 1. The van der Waals surface area contributed by atoms with Gasteiger partial charge in [-0.15, -0.1) is 0 Å². The lowest BCUT2D eigenvalue weighted by molar-refractivity contribution is -0.152. The van der Waals surface area contributed by atoms with E-state index in [0.29, 0.717) is 76.5 Å². The average Bonchev–Trinajstić information content (AvgIpc) is 1.73. The van der Waals surface area contributed by atoms with Gasteiger partial charge < -0.3 is 61.7 Å². The summed E-state index contributed by atoms with van der Waals surface area (Å²) in [5, 5.41) is 27.7. The van der Waals surface area contributed by atoms with Crippen molar-refractivity contribution in [2.45, 2.75) is 157 Å². The second-order valence-corrected chi connectivity index (χ2v) is 26.5. The molecule has 9 N–H and O–H groups in total. The molecule has 5 aromatic rings. The number of nitrogens with zero attached hydrogens (tertiary/aromatic N) is 4. The van der Waals surface area contributed by atoms with Crippen molar-refractivity contribution in [1.82, 2.24) is 61.6 Å². The number of halogens is 1. The van der Waals surface area contributed by atoms with Crippen LogP contribution in [0.4, 0.5) is 4.39 Å². The number of imidazole rings is 1. The predicted molar refractivity (Wildman–Crippen MR) is 341 cm³/mol. The zero-order valence-corrected chi connectivity index (χ0v) is 52.9. The van der Waals surface area contributed by atoms with Gasteiger partial charge in [0.25, 0.3) is 0 Å². The standard InChI is InChI=1S/C65H83FN12O10S2/c1-40-58(82)70-36-57(81)73-51(29-41-10-5-4-6-11-41)59(83)74-52(31-45-34-69-50-20-17-46(66)32-49(45)50)62(86)77-24-8-14-54(77)60(84)75-53(33-47-35-67-39-71-47)61(85)76(3)55(30-42-15-18-48(79)19-16-42)63(87)78-25-9-22-65(78,2)64(88)68-23-27-90-38-44-13-7-12-43(28-44)37-89-26-21-56(80)72-40/h7,12-13,15-20,28,32,34-35,39-41,51-55,69,79H,4-6,8-11,14,21-27,29-31,33,36-38H2,1-3H3,(H,67,71)(H,68,88)(H,70,82)(H,72,80)(H,73,81)(H,74,83)(H,75,84)/t40-,51-,52-,53-,54-,55-,65-/m0/s1. The maximum absolute atomic E-state index is 15.4. The lowest BCUT2D eigenvalue weighted by Crippen LogP contribution is -2.62. The van der Waals surface area contributed by atoms with E-state index in [1.54, 1.807) is 54.8 Å². The highest BCUT2D eigenvalue weighted by Gasteiger charge is 2.49. The number of phenolic OH excluding ortho intramolecular Hbond substituents is 1. The van der Waals surface area contributed by atoms with Crippen LogP contribution in [-0.4, -0.2) is 174 Å². The lowest BCUT2D eigenvalue weighted by atomic mass is 9.84. The number of hydrogen-bond donors (Lipinski definition) is 9. The van der Waals surface area contributed by atoms with E-state index < -0.39 is 95.5 Å². The van der Waals surface area contributed by atoms with Gasteiger partial charge in [0.2, 0.25) is 53.2 Å². The quantitative estimate of drug-likeness (QED) is 0.102. The third-order valence-electron chi connectivity index (χ3n) is 17.7. The Morgan fingerprint density at radius 2 is 1.43 bits per heavy atom. The van der Waals surface area contributed by atoms with Crippen LogP contribution in [0.2, 0.25) is 0 Å². The highest BCUT2D eigenvalue weighted by Crippen LogP contribution is 2.33. The van der Waals surface area contributed by atoms with Crippen LogP contribution >= 0.6 is 23.5 Å². The molecule has 0 spiro atoms. The van der Waals surface area contributed by atoms with Gasteiger partial charge in [0.1, 0.15) is 53.4 Å². The third kappa shape index (κ3) is 17.3. The Balaban J connectivity index is 1.01. The molecule has 3 fully saturated rings. The third-order valence-corrected chi connectivity index (χ3v) is 19.8. The highest BCUT2D eigenvalue weighted by atomic mass is 32.2. The molecule has 90 heavy (non-hydrogen) atoms. The van der Waals surface area contributed by atoms with E-state index in [4.69, 9.17) is 0 Å². The van der Waals surface area contributed by atoms with Crippen LogP contribution in [-0.2, 0) is 73.9 Å². The predicted octanol–water partition coefficient (Wildman–Crippen LogP) is 4.69. The average molecular weight is 1280 g/mol. The number of aromatic amines is 2. The van der Waals surface area contributed by atoms with Gasteiger partial charge in [-0.2, -0.15) is 23.5 Å². The number of rotatable bonds is 8. The molecule has 0 unspecified atom stereocenters. The van der Waals surface area contributed by atoms with Gasteiger partial charge >= 0.3 is 0 Å². The zero-order valence-electron chi connectivity index (χ0n) is 51.3. The Kier molecular flexibility index (Phi) is 23.0. The molecule has 9 rings (SSSR count). The van der Waals surface area contributed by atoms with Gasteiger partial charge in [0.15, 0.2) is 0 Å². The molecule has 482 valence electrons. The second kappa shape index (κ2) is 31.2. The fourth-order valence-electron chi connectivity index (χ4n) is 12.7. The summed E-state index contributed by atoms with van der Waals surface area (Å²) in [5.74, 6) is -3.22. The summed E-state index contributed by atoms with van der Waals surface area (Å²) in [6.07, 6.45) is 10.6. The van der Waals surface area contributed by atoms with Crippen LogP contribution in [0.25, 0.3) is 10.9 Å². The Morgan fingerprint density at radius 1 is 0.700 bits per heavy atom. The number of aromatic nitrogens is 3. The van der Waals surface area contributed by atoms with Crippen LogP contribution < -0.4 is 31.9 Å². The molecule has 9 amide bonds. The molecule has 3 aliphatic heterocycles. The van der Waals surface area contributed by atoms with Gasteiger partial charge in [-0.05, 0) is 104 Å². The first kappa shape index (κ1) is 66.5. The molecule has 2 aromatic heterocycles. The van der Waals surface area contributed by atoms with E-state index in [2.05, 4.69) is 52.9 Å². The Bertz CT molecular complexity index is 3360. The second-order valence-electron chi connectivity index (χ2n) is 24.3. The molecule has 1 saturated carbocycles. The molecule has 2 bridgehead atoms. The molecule has 0 radical (unpaired) electrons. The van der Waals surface area contributed by atoms with Crippen LogP contribution in [0, 0.1) is 11.7 Å². The van der Waals surface area contributed by atoms with E-state index in [0.717, 1.165) is 43.2 Å². The summed E-state index contributed by atoms with van der Waals surface area (Å²) in [4.78, 5) is 145. The van der Waals surface area contributed by atoms with Gasteiger partial charge in [0.05, 0.1) is 12.9 Å². The summed E-state index contributed by atoms with van der Waals surface area (Å²) in [5.41, 5.74) is 3.03. The zero-order chi connectivity index (χ0) is 63.9. The molecule has 2 saturated heterocycles. The first-order valence-corrected chi connectivity index (χ1v) is 33.5. The van der Waals surface area contributed by atoms with E-state index in [1.165, 1.54) is 65.5 Å². The molecule has 1 aliphatic carbocycles. The number of thioether (sulfide) groups is 2. The van der Waals surface area contributed by atoms with E-state index in [9.17, 15) is 33.5 Å². The Labute approximate surface area is 531 Å². The van der Waals surface area contributed by atoms with Gasteiger partial charge in [0, 0.05) is 104 Å². The first-order valence-electron chi connectivity index (χ1n) is 31.2. The minimum Gasteiger partial charge on any atom is -0.508 e. The van der Waals surface area contributed by atoms with Crippen LogP contribution in [0.5, 0.6) is 5.75 Å². The molecule has 3 aromatic carbocycles. The number of phenols is 1. The monoisotopic (exact) mass is 1270 g/mol. The van der Waals surface area contributed by atoms with E-state index >= 15 is 19.2 Å². The number of H-pyrrole nitrogens is 2. The van der Waals surface area contributed by atoms with Crippen molar-refractivity contribution in [2.24, 2.45) is 5.92 Å². The summed E-state index contributed by atoms with van der Waals surface area (Å²) in [6, 6.07) is 11.3. The van der Waals surface area contributed by atoms with Crippen molar-refractivity contribution < 1.29 is 52.6 Å². The van der Waals surface area contributed by atoms with Gasteiger partial charge in [-0.1, -0.05) is 68.5 Å². The van der Waals surface area contributed by atoms with Gasteiger partial charge in [-0.25, -0.2) is 9.37 Å². The largest absolute Gasteiger partial charge is 0.508 e. The van der Waals surface area contributed by atoms with Crippen molar-refractivity contribution in [3.8, 4) is 5.75 Å². The van der Waals surface area contributed by atoms with Crippen molar-refractivity contribution in [1.29, 1.82) is 0 Å². The number of carbonyl (C=O) groups excluding carboxylic acids is 9. The summed E-state index contributed by atoms with van der Waals surface area (Å²) < 4.78 is 14.9. The number of benzene rings is 3. The number of carbonyl (C=O) groups is 9. The molecule has 4 aliphatic rings. The summed E-state index contributed by atoms with van der Waals surface area (Å²) in [6.45, 7) is 3.38. The first-order chi connectivity index (χ1) is 43.3. The Morgan fingerprint density at radius 3 is 2.18 bits per heavy atom. The van der Waals surface area contributed by atoms with Crippen molar-refractivity contribution in [3.63, 3.8) is 0 Å². The number of fused-ring (bicyclic) bond motifs is 5. The SMILES string of the molecule is C[C@@H]1NC(=O)CCSCc2cccc(c2)CSCCNC(=O)[C@]2(C)CCCN2C(=O)[C@H](Cc2ccc(O)cc2)N(C)C(=O)[C@H](Cc2cnc[nH]2)NC(=O)[C@@H]2CCCN2C(=O)[C@H](Cc2c[nH]c3ccc(F)cc23)NC(=O)[C@H](CC2CCCCC2)NC(=O)CNC1=O. The maximum Gasteiger partial charge on any atom is 0.246 e. The highest BCUT2D eigenvalue weighted by molar-refractivity contribution is 7.98. The fourth-order valence-corrected chi connectivity index (χ4v) is 14.4. The van der Waals surface area contributed by atoms with Gasteiger partial charge in [-0.3, -0.25) is 43.2 Å². The van der Waals surface area contributed by atoms with Crippen LogP contribution in [0.15, 0.2) is 85.5 Å². The lowest BCUT2D eigenvalue weighted by Gasteiger charge is -2.39. The van der Waals surface area contributed by atoms with E-state index in [-0.39, 0.29) is 75.1 Å². The fraction of sp³-hybridized carbons (Fsp3) is 0.508. The van der Waals surface area contributed by atoms with Crippen molar-refractivity contribution >= 4 is 87.6 Å². The Hall–Kier alpha value is -7.93. The molecule has 5 heterocycles. The minimum absolute atomic E-state index is 0.000702. The topological polar surface area (TPSA) is 300 Å². The maximum atomic E-state index is 15.4. The summed E-state index contributed by atoms with van der Waals surface area (Å²) >= 11 is 3.21. The number of amides is 9. The normalized spacial score (nSPS) is 25.3. The molecule has 7 atom stereocenters. The van der Waals surface area contributed by atoms with Crippen LogP contribution in [0.1, 0.15) is 112 Å². The summed E-state index contributed by atoms with van der Waals surface area (Å²) in [7, 11) is 1.48. The van der Waals surface area contributed by atoms with E-state index in [1.807, 2.05) is 18.2 Å². The van der Waals surface area contributed by atoms with Crippen LogP contribution in [0.3, 0.4) is 0 Å². The number of hydrogen-bond acceptors (Lipinski definition) is 13. The number of aromatic hydroxyl groups is 1. The molecular weight excluding hydrogens is 1190 g/mol. The number of nitrogens with one attached hydrogen (secondary N) is 8. The smallest absolute Gasteiger partial charge is 0.246 e.